The van der Waals surface area contributed by atoms with Crippen LogP contribution in [0.25, 0.3) is 16.9 Å². The molecule has 1 aliphatic heterocycles. The lowest BCUT2D eigenvalue weighted by Gasteiger charge is -2.34. The Kier molecular flexibility index (Phi) is 6.41. The molecule has 2 amide bonds. The molecule has 0 spiro atoms. The average molecular weight is 457 g/mol. The third kappa shape index (κ3) is 4.45. The van der Waals surface area contributed by atoms with E-state index in [9.17, 15) is 14.0 Å². The van der Waals surface area contributed by atoms with Crippen LogP contribution in [0.1, 0.15) is 17.4 Å². The van der Waals surface area contributed by atoms with Gasteiger partial charge in [0.2, 0.25) is 0 Å². The molecular weight excluding hydrogens is 435 g/mol. The van der Waals surface area contributed by atoms with Gasteiger partial charge >= 0.3 is 6.09 Å². The topological polar surface area (TPSA) is 67.7 Å². The fraction of sp³-hybridized carbons (Fsp3) is 0.261. The van der Waals surface area contributed by atoms with E-state index in [2.05, 4.69) is 5.10 Å². The zero-order chi connectivity index (χ0) is 22.7. The number of carbonyl (C=O) groups is 2. The normalized spacial score (nSPS) is 13.8. The summed E-state index contributed by atoms with van der Waals surface area (Å²) in [5.74, 6) is -0.672. The Labute approximate surface area is 189 Å². The van der Waals surface area contributed by atoms with Gasteiger partial charge in [0.15, 0.2) is 0 Å². The van der Waals surface area contributed by atoms with Crippen molar-refractivity contribution in [1.29, 1.82) is 0 Å². The molecule has 32 heavy (non-hydrogen) atoms. The SMILES string of the molecule is CCOC(=O)N1CCN(C(=O)c2cc(-c3ccccc3F)nn2-c2ccc(Cl)cc2)CC1. The molecule has 0 unspecified atom stereocenters. The van der Waals surface area contributed by atoms with Gasteiger partial charge in [-0.3, -0.25) is 4.79 Å². The molecule has 166 valence electrons. The highest BCUT2D eigenvalue weighted by molar-refractivity contribution is 6.30. The van der Waals surface area contributed by atoms with E-state index < -0.39 is 5.82 Å². The van der Waals surface area contributed by atoms with Gasteiger partial charge in [0.05, 0.1) is 18.0 Å². The Morgan fingerprint density at radius 1 is 1.03 bits per heavy atom. The minimum absolute atomic E-state index is 0.251. The predicted octanol–water partition coefficient (Wildman–Crippen LogP) is 4.25. The highest BCUT2D eigenvalue weighted by atomic mass is 35.5. The van der Waals surface area contributed by atoms with Crippen LogP contribution in [-0.4, -0.2) is 64.4 Å². The summed E-state index contributed by atoms with van der Waals surface area (Å²) in [5, 5.41) is 5.08. The van der Waals surface area contributed by atoms with Crippen LogP contribution >= 0.6 is 11.6 Å². The summed E-state index contributed by atoms with van der Waals surface area (Å²) in [5.41, 5.74) is 1.59. The van der Waals surface area contributed by atoms with E-state index in [4.69, 9.17) is 16.3 Å². The van der Waals surface area contributed by atoms with Gasteiger partial charge < -0.3 is 14.5 Å². The number of piperazine rings is 1. The largest absolute Gasteiger partial charge is 0.450 e. The number of rotatable bonds is 4. The molecular formula is C23H22ClFN4O3. The van der Waals surface area contributed by atoms with Gasteiger partial charge in [0.25, 0.3) is 5.91 Å². The van der Waals surface area contributed by atoms with Gasteiger partial charge in [0.1, 0.15) is 11.5 Å². The number of amides is 2. The lowest BCUT2D eigenvalue weighted by Crippen LogP contribution is -2.51. The van der Waals surface area contributed by atoms with Crippen LogP contribution in [-0.2, 0) is 4.74 Å². The molecule has 1 fully saturated rings. The standard InChI is InChI=1S/C23H22ClFN4O3/c1-2-32-23(31)28-13-11-27(12-14-28)22(30)21-15-20(18-5-3-4-6-19(18)25)26-29(21)17-9-7-16(24)8-10-17/h3-10,15H,2,11-14H2,1H3. The molecule has 0 radical (unpaired) electrons. The zero-order valence-corrected chi connectivity index (χ0v) is 18.3. The molecule has 1 saturated heterocycles. The Balaban J connectivity index is 1.65. The molecule has 1 aromatic heterocycles. The first-order valence-corrected chi connectivity index (χ1v) is 10.7. The van der Waals surface area contributed by atoms with E-state index >= 15 is 0 Å². The monoisotopic (exact) mass is 456 g/mol. The second-order valence-corrected chi connectivity index (χ2v) is 7.70. The second kappa shape index (κ2) is 9.40. The summed E-state index contributed by atoms with van der Waals surface area (Å²) in [6.07, 6.45) is -0.382. The first-order chi connectivity index (χ1) is 15.5. The van der Waals surface area contributed by atoms with E-state index in [1.165, 1.54) is 10.7 Å². The van der Waals surface area contributed by atoms with Crippen LogP contribution in [0.4, 0.5) is 9.18 Å². The average Bonchev–Trinajstić information content (AvgIpc) is 3.25. The van der Waals surface area contributed by atoms with Crippen LogP contribution in [0, 0.1) is 5.82 Å². The fourth-order valence-electron chi connectivity index (χ4n) is 3.58. The maximum Gasteiger partial charge on any atom is 0.409 e. The summed E-state index contributed by atoms with van der Waals surface area (Å²) in [6, 6.07) is 14.8. The molecule has 0 atom stereocenters. The quantitative estimate of drug-likeness (QED) is 0.588. The number of hydrogen-bond donors (Lipinski definition) is 0. The summed E-state index contributed by atoms with van der Waals surface area (Å²) in [7, 11) is 0. The Morgan fingerprint density at radius 3 is 2.34 bits per heavy atom. The van der Waals surface area contributed by atoms with E-state index in [0.717, 1.165) is 0 Å². The van der Waals surface area contributed by atoms with E-state index in [-0.39, 0.29) is 12.0 Å². The number of halogens is 2. The minimum Gasteiger partial charge on any atom is -0.450 e. The second-order valence-electron chi connectivity index (χ2n) is 7.26. The van der Waals surface area contributed by atoms with Gasteiger partial charge in [0, 0.05) is 36.8 Å². The number of aromatic nitrogens is 2. The van der Waals surface area contributed by atoms with Crippen molar-refractivity contribution in [3.8, 4) is 16.9 Å². The summed E-state index contributed by atoms with van der Waals surface area (Å²) in [6.45, 7) is 3.52. The van der Waals surface area contributed by atoms with E-state index in [1.54, 1.807) is 65.3 Å². The van der Waals surface area contributed by atoms with Gasteiger partial charge in [-0.05, 0) is 49.4 Å². The lowest BCUT2D eigenvalue weighted by molar-refractivity contribution is 0.0563. The predicted molar refractivity (Wildman–Crippen MR) is 118 cm³/mol. The molecule has 0 saturated carbocycles. The van der Waals surface area contributed by atoms with Gasteiger partial charge in [-0.25, -0.2) is 13.9 Å². The molecule has 7 nitrogen and oxygen atoms in total. The van der Waals surface area contributed by atoms with Crippen molar-refractivity contribution in [3.05, 3.63) is 71.1 Å². The van der Waals surface area contributed by atoms with E-state index in [0.29, 0.717) is 60.4 Å². The Morgan fingerprint density at radius 2 is 1.69 bits per heavy atom. The summed E-state index contributed by atoms with van der Waals surface area (Å²) >= 11 is 6.01. The molecule has 9 heteroatoms. The molecule has 2 aromatic carbocycles. The molecule has 0 N–H and O–H groups in total. The van der Waals surface area contributed by atoms with Crippen molar-refractivity contribution >= 4 is 23.6 Å². The highest BCUT2D eigenvalue weighted by Crippen LogP contribution is 2.26. The van der Waals surface area contributed by atoms with Crippen molar-refractivity contribution in [1.82, 2.24) is 19.6 Å². The van der Waals surface area contributed by atoms with E-state index in [1.807, 2.05) is 0 Å². The minimum atomic E-state index is -0.421. The number of carbonyl (C=O) groups excluding carboxylic acids is 2. The van der Waals surface area contributed by atoms with Crippen LogP contribution in [0.15, 0.2) is 54.6 Å². The molecule has 0 aliphatic carbocycles. The van der Waals surface area contributed by atoms with Crippen molar-refractivity contribution in [2.75, 3.05) is 32.8 Å². The number of benzene rings is 2. The van der Waals surface area contributed by atoms with Gasteiger partial charge in [-0.1, -0.05) is 23.7 Å². The summed E-state index contributed by atoms with van der Waals surface area (Å²) in [4.78, 5) is 28.6. The first-order valence-electron chi connectivity index (χ1n) is 10.3. The summed E-state index contributed by atoms with van der Waals surface area (Å²) < 4.78 is 20.9. The third-order valence-corrected chi connectivity index (χ3v) is 5.49. The third-order valence-electron chi connectivity index (χ3n) is 5.24. The zero-order valence-electron chi connectivity index (χ0n) is 17.5. The highest BCUT2D eigenvalue weighted by Gasteiger charge is 2.28. The smallest absolute Gasteiger partial charge is 0.409 e. The number of nitrogens with zero attached hydrogens (tertiary/aromatic N) is 4. The van der Waals surface area contributed by atoms with Crippen LogP contribution in [0.2, 0.25) is 5.02 Å². The van der Waals surface area contributed by atoms with Gasteiger partial charge in [-0.2, -0.15) is 5.10 Å². The van der Waals surface area contributed by atoms with Crippen LogP contribution in [0.5, 0.6) is 0 Å². The maximum atomic E-state index is 14.4. The van der Waals surface area contributed by atoms with Crippen molar-refractivity contribution in [2.45, 2.75) is 6.92 Å². The number of hydrogen-bond acceptors (Lipinski definition) is 4. The molecule has 0 bridgehead atoms. The molecule has 1 aliphatic rings. The maximum absolute atomic E-state index is 14.4. The first kappa shape index (κ1) is 21.8. The van der Waals surface area contributed by atoms with Crippen LogP contribution < -0.4 is 0 Å². The molecule has 3 aromatic rings. The Hall–Kier alpha value is -3.39. The lowest BCUT2D eigenvalue weighted by atomic mass is 10.1. The van der Waals surface area contributed by atoms with Crippen LogP contribution in [0.3, 0.4) is 0 Å². The Bertz CT molecular complexity index is 1120. The number of ether oxygens (including phenoxy) is 1. The fourth-order valence-corrected chi connectivity index (χ4v) is 3.71. The molecule has 2 heterocycles. The molecule has 4 rings (SSSR count). The van der Waals surface area contributed by atoms with Crippen molar-refractivity contribution < 1.29 is 18.7 Å². The van der Waals surface area contributed by atoms with Gasteiger partial charge in [-0.15, -0.1) is 0 Å². The van der Waals surface area contributed by atoms with Crippen molar-refractivity contribution in [3.63, 3.8) is 0 Å². The van der Waals surface area contributed by atoms with Crippen molar-refractivity contribution in [2.24, 2.45) is 0 Å².